The Labute approximate surface area is 116 Å². The maximum absolute atomic E-state index is 14.4. The number of benzene rings is 1. The molecule has 0 saturated heterocycles. The van der Waals surface area contributed by atoms with Crippen LogP contribution in [0.15, 0.2) is 35.8 Å². The number of fused-ring (bicyclic) bond motifs is 3. The Kier molecular flexibility index (Phi) is 3.12. The maximum Gasteiger partial charge on any atom is 0.339 e. The standard InChI is InChI=1S/C15H16FNO3/c1-3-19-15(18)12-10-8-20-11-7-5-4-6-9(11)13(10)17(2)14(12)16/h4-7,10,13H,3,8H2,1-2H3/t10-,13-/m1/s1. The minimum atomic E-state index is -0.590. The number of esters is 1. The van der Waals surface area contributed by atoms with Crippen LogP contribution in [0.3, 0.4) is 0 Å². The highest BCUT2D eigenvalue weighted by atomic mass is 19.1. The minimum Gasteiger partial charge on any atom is -0.492 e. The first-order chi connectivity index (χ1) is 9.65. The first-order valence-electron chi connectivity index (χ1n) is 6.66. The predicted molar refractivity (Wildman–Crippen MR) is 70.7 cm³/mol. The fraction of sp³-hybridized carbons (Fsp3) is 0.400. The predicted octanol–water partition coefficient (Wildman–Crippen LogP) is 2.43. The van der Waals surface area contributed by atoms with Gasteiger partial charge in [-0.1, -0.05) is 18.2 Å². The van der Waals surface area contributed by atoms with E-state index < -0.39 is 11.9 Å². The summed E-state index contributed by atoms with van der Waals surface area (Å²) in [5, 5.41) is 0. The van der Waals surface area contributed by atoms with Crippen molar-refractivity contribution in [2.24, 2.45) is 5.92 Å². The third-order valence-electron chi connectivity index (χ3n) is 3.85. The van der Waals surface area contributed by atoms with Gasteiger partial charge in [-0.25, -0.2) is 4.79 Å². The van der Waals surface area contributed by atoms with E-state index in [1.807, 2.05) is 24.3 Å². The average Bonchev–Trinajstić information content (AvgIpc) is 2.71. The van der Waals surface area contributed by atoms with Crippen molar-refractivity contribution in [3.05, 3.63) is 41.4 Å². The fourth-order valence-electron chi connectivity index (χ4n) is 2.97. The first kappa shape index (κ1) is 13.0. The van der Waals surface area contributed by atoms with Crippen molar-refractivity contribution in [2.45, 2.75) is 13.0 Å². The lowest BCUT2D eigenvalue weighted by atomic mass is 9.88. The highest BCUT2D eigenvalue weighted by molar-refractivity contribution is 5.90. The van der Waals surface area contributed by atoms with Gasteiger partial charge in [0, 0.05) is 12.6 Å². The lowest BCUT2D eigenvalue weighted by molar-refractivity contribution is -0.139. The van der Waals surface area contributed by atoms with Crippen LogP contribution in [0.2, 0.25) is 0 Å². The van der Waals surface area contributed by atoms with E-state index >= 15 is 0 Å². The molecule has 2 heterocycles. The number of hydrogen-bond donors (Lipinski definition) is 0. The Morgan fingerprint density at radius 2 is 2.25 bits per heavy atom. The molecule has 0 radical (unpaired) electrons. The summed E-state index contributed by atoms with van der Waals surface area (Å²) in [6.45, 7) is 2.22. The van der Waals surface area contributed by atoms with Crippen molar-refractivity contribution in [1.82, 2.24) is 4.90 Å². The lowest BCUT2D eigenvalue weighted by Crippen LogP contribution is -2.31. The molecule has 1 aromatic rings. The van der Waals surface area contributed by atoms with Gasteiger partial charge in [-0.2, -0.15) is 4.39 Å². The van der Waals surface area contributed by atoms with Gasteiger partial charge in [0.1, 0.15) is 5.75 Å². The molecule has 4 nitrogen and oxygen atoms in total. The summed E-state index contributed by atoms with van der Waals surface area (Å²) in [5.41, 5.74) is 0.995. The Morgan fingerprint density at radius 3 is 3.00 bits per heavy atom. The van der Waals surface area contributed by atoms with E-state index in [0.717, 1.165) is 11.3 Å². The topological polar surface area (TPSA) is 38.8 Å². The van der Waals surface area contributed by atoms with Gasteiger partial charge in [0.05, 0.1) is 30.7 Å². The molecule has 106 valence electrons. The van der Waals surface area contributed by atoms with Crippen LogP contribution in [-0.2, 0) is 9.53 Å². The molecule has 2 atom stereocenters. The van der Waals surface area contributed by atoms with Crippen molar-refractivity contribution in [3.63, 3.8) is 0 Å². The normalized spacial score (nSPS) is 24.1. The van der Waals surface area contributed by atoms with Gasteiger partial charge < -0.3 is 14.4 Å². The van der Waals surface area contributed by atoms with E-state index in [2.05, 4.69) is 0 Å². The zero-order valence-electron chi connectivity index (χ0n) is 11.4. The molecule has 2 aliphatic rings. The summed E-state index contributed by atoms with van der Waals surface area (Å²) in [4.78, 5) is 13.5. The lowest BCUT2D eigenvalue weighted by Gasteiger charge is -2.33. The molecule has 3 rings (SSSR count). The summed E-state index contributed by atoms with van der Waals surface area (Å²) in [6.07, 6.45) is 0. The van der Waals surface area contributed by atoms with Crippen LogP contribution in [0.4, 0.5) is 4.39 Å². The minimum absolute atomic E-state index is 0.0915. The Hall–Kier alpha value is -2.04. The van der Waals surface area contributed by atoms with Crippen LogP contribution in [-0.4, -0.2) is 31.1 Å². The number of nitrogens with zero attached hydrogens (tertiary/aromatic N) is 1. The fourth-order valence-corrected chi connectivity index (χ4v) is 2.97. The molecule has 0 saturated carbocycles. The van der Waals surface area contributed by atoms with E-state index in [0.29, 0.717) is 0 Å². The summed E-state index contributed by atoms with van der Waals surface area (Å²) in [6, 6.07) is 7.33. The van der Waals surface area contributed by atoms with Crippen LogP contribution >= 0.6 is 0 Å². The van der Waals surface area contributed by atoms with Gasteiger partial charge in [0.15, 0.2) is 0 Å². The molecule has 1 aromatic carbocycles. The Balaban J connectivity index is 2.01. The van der Waals surface area contributed by atoms with Crippen molar-refractivity contribution < 1.29 is 18.7 Å². The highest BCUT2D eigenvalue weighted by Gasteiger charge is 2.47. The first-order valence-corrected chi connectivity index (χ1v) is 6.66. The van der Waals surface area contributed by atoms with Crippen LogP contribution in [0.5, 0.6) is 5.75 Å². The maximum atomic E-state index is 14.4. The summed E-state index contributed by atoms with van der Waals surface area (Å²) < 4.78 is 25.0. The number of ether oxygens (including phenoxy) is 2. The van der Waals surface area contributed by atoms with Gasteiger partial charge in [-0.3, -0.25) is 0 Å². The van der Waals surface area contributed by atoms with Gasteiger partial charge in [-0.05, 0) is 13.0 Å². The SMILES string of the molecule is CCOC(=O)C1=C(F)N(C)[C@@H]2c3ccccc3OC[C@H]12. The van der Waals surface area contributed by atoms with E-state index in [1.54, 1.807) is 14.0 Å². The summed E-state index contributed by atoms with van der Waals surface area (Å²) in [5.74, 6) is -0.682. The quantitative estimate of drug-likeness (QED) is 0.615. The van der Waals surface area contributed by atoms with Gasteiger partial charge in [0.25, 0.3) is 0 Å². The molecule has 20 heavy (non-hydrogen) atoms. The molecule has 0 aliphatic carbocycles. The Morgan fingerprint density at radius 1 is 1.50 bits per heavy atom. The number of rotatable bonds is 2. The zero-order valence-corrected chi connectivity index (χ0v) is 11.4. The monoisotopic (exact) mass is 277 g/mol. The number of para-hydroxylation sites is 1. The van der Waals surface area contributed by atoms with E-state index in [-0.39, 0.29) is 30.7 Å². The van der Waals surface area contributed by atoms with Gasteiger partial charge in [-0.15, -0.1) is 0 Å². The molecular formula is C15H16FNO3. The van der Waals surface area contributed by atoms with Crippen molar-refractivity contribution >= 4 is 5.97 Å². The third-order valence-corrected chi connectivity index (χ3v) is 3.85. The molecule has 0 aromatic heterocycles. The molecule has 0 fully saturated rings. The molecule has 0 unspecified atom stereocenters. The van der Waals surface area contributed by atoms with E-state index in [9.17, 15) is 9.18 Å². The summed E-state index contributed by atoms with van der Waals surface area (Å²) >= 11 is 0. The smallest absolute Gasteiger partial charge is 0.339 e. The van der Waals surface area contributed by atoms with Crippen LogP contribution in [0.1, 0.15) is 18.5 Å². The van der Waals surface area contributed by atoms with Crippen molar-refractivity contribution in [1.29, 1.82) is 0 Å². The molecule has 0 spiro atoms. The molecule has 0 amide bonds. The van der Waals surface area contributed by atoms with Crippen molar-refractivity contribution in [3.8, 4) is 5.75 Å². The van der Waals surface area contributed by atoms with Gasteiger partial charge >= 0.3 is 5.97 Å². The molecule has 0 bridgehead atoms. The average molecular weight is 277 g/mol. The van der Waals surface area contributed by atoms with Crippen LogP contribution in [0, 0.1) is 5.92 Å². The molecular weight excluding hydrogens is 261 g/mol. The second-order valence-electron chi connectivity index (χ2n) is 4.94. The van der Waals surface area contributed by atoms with Crippen LogP contribution < -0.4 is 4.74 Å². The van der Waals surface area contributed by atoms with E-state index in [1.165, 1.54) is 4.90 Å². The van der Waals surface area contributed by atoms with Crippen LogP contribution in [0.25, 0.3) is 0 Å². The number of carbonyl (C=O) groups excluding carboxylic acids is 1. The molecule has 0 N–H and O–H groups in total. The van der Waals surface area contributed by atoms with Gasteiger partial charge in [0.2, 0.25) is 5.95 Å². The van der Waals surface area contributed by atoms with E-state index in [4.69, 9.17) is 9.47 Å². The van der Waals surface area contributed by atoms with Crippen molar-refractivity contribution in [2.75, 3.05) is 20.3 Å². The second kappa shape index (κ2) is 4.81. The zero-order chi connectivity index (χ0) is 14.3. The number of halogens is 1. The largest absolute Gasteiger partial charge is 0.492 e. The molecule has 5 heteroatoms. The number of carbonyl (C=O) groups is 1. The Bertz CT molecular complexity index is 584. The summed E-state index contributed by atoms with van der Waals surface area (Å²) in [7, 11) is 1.65. The third kappa shape index (κ3) is 1.77. The molecule has 2 aliphatic heterocycles. The second-order valence-corrected chi connectivity index (χ2v) is 4.94. The highest BCUT2D eigenvalue weighted by Crippen LogP contribution is 2.49. The number of hydrogen-bond acceptors (Lipinski definition) is 4.